The van der Waals surface area contributed by atoms with Crippen LogP contribution < -0.4 is 9.47 Å². The molecule has 164 valence electrons. The first-order valence-corrected chi connectivity index (χ1v) is 11.6. The molecule has 1 aliphatic heterocycles. The highest BCUT2D eigenvalue weighted by molar-refractivity contribution is 7.86. The molecule has 0 spiro atoms. The Balaban J connectivity index is 1.83. The van der Waals surface area contributed by atoms with Gasteiger partial charge in [-0.05, 0) is 55.7 Å². The van der Waals surface area contributed by atoms with E-state index in [-0.39, 0.29) is 23.7 Å². The Hall–Kier alpha value is -1.87. The van der Waals surface area contributed by atoms with Crippen molar-refractivity contribution in [2.24, 2.45) is 0 Å². The second kappa shape index (κ2) is 9.51. The smallest absolute Gasteiger partial charge is 0.282 e. The van der Waals surface area contributed by atoms with E-state index in [9.17, 15) is 12.8 Å². The van der Waals surface area contributed by atoms with Gasteiger partial charge in [0.2, 0.25) is 0 Å². The Kier molecular flexibility index (Phi) is 7.23. The fourth-order valence-electron chi connectivity index (χ4n) is 3.46. The highest BCUT2D eigenvalue weighted by Gasteiger charge is 2.32. The summed E-state index contributed by atoms with van der Waals surface area (Å²) in [5, 5.41) is 0.200. The summed E-state index contributed by atoms with van der Waals surface area (Å²) in [5.41, 5.74) is 2.06. The van der Waals surface area contributed by atoms with Gasteiger partial charge in [0, 0.05) is 37.3 Å². The van der Waals surface area contributed by atoms with Gasteiger partial charge in [0.1, 0.15) is 5.82 Å². The number of hydrogen-bond donors (Lipinski definition) is 0. The molecule has 30 heavy (non-hydrogen) atoms. The molecular formula is C21H26ClFN2O4S. The van der Waals surface area contributed by atoms with Crippen LogP contribution in [0.1, 0.15) is 30.5 Å². The van der Waals surface area contributed by atoms with E-state index in [1.54, 1.807) is 6.07 Å². The molecule has 1 heterocycles. The highest BCUT2D eigenvalue weighted by atomic mass is 35.5. The minimum atomic E-state index is -3.81. The number of benzene rings is 2. The molecule has 0 N–H and O–H groups in total. The molecule has 2 aromatic rings. The number of hydrogen-bond acceptors (Lipinski definition) is 4. The first kappa shape index (κ1) is 22.8. The first-order chi connectivity index (χ1) is 14.3. The molecule has 3 rings (SSSR count). The summed E-state index contributed by atoms with van der Waals surface area (Å²) in [6, 6.07) is 8.08. The zero-order valence-corrected chi connectivity index (χ0v) is 18.9. The van der Waals surface area contributed by atoms with Gasteiger partial charge in [0.15, 0.2) is 11.5 Å². The molecule has 0 bridgehead atoms. The first-order valence-electron chi connectivity index (χ1n) is 9.83. The maximum Gasteiger partial charge on any atom is 0.282 e. The normalized spacial score (nSPS) is 14.6. The van der Waals surface area contributed by atoms with Gasteiger partial charge in [-0.15, -0.1) is 0 Å². The van der Waals surface area contributed by atoms with Crippen molar-refractivity contribution in [2.45, 2.75) is 33.4 Å². The zero-order valence-electron chi connectivity index (χ0n) is 17.3. The molecule has 9 heteroatoms. The summed E-state index contributed by atoms with van der Waals surface area (Å²) < 4.78 is 54.2. The lowest BCUT2D eigenvalue weighted by Crippen LogP contribution is -2.44. The van der Waals surface area contributed by atoms with E-state index in [4.69, 9.17) is 21.1 Å². The minimum absolute atomic E-state index is 0.148. The fraction of sp³-hybridized carbons (Fsp3) is 0.429. The van der Waals surface area contributed by atoms with Crippen LogP contribution in [0.3, 0.4) is 0 Å². The van der Waals surface area contributed by atoms with Crippen LogP contribution in [0.4, 0.5) is 4.39 Å². The second-order valence-electron chi connectivity index (χ2n) is 6.98. The van der Waals surface area contributed by atoms with Crippen molar-refractivity contribution in [1.82, 2.24) is 8.61 Å². The average molecular weight is 457 g/mol. The average Bonchev–Trinajstić information content (AvgIpc) is 2.71. The van der Waals surface area contributed by atoms with E-state index in [1.165, 1.54) is 23.5 Å². The van der Waals surface area contributed by atoms with Crippen LogP contribution in [-0.4, -0.2) is 43.8 Å². The summed E-state index contributed by atoms with van der Waals surface area (Å²) in [4.78, 5) is 0. The van der Waals surface area contributed by atoms with Crippen molar-refractivity contribution in [1.29, 1.82) is 0 Å². The summed E-state index contributed by atoms with van der Waals surface area (Å²) in [5.74, 6) is 0.739. The highest BCUT2D eigenvalue weighted by Crippen LogP contribution is 2.35. The van der Waals surface area contributed by atoms with Crippen LogP contribution in [0.15, 0.2) is 30.3 Å². The van der Waals surface area contributed by atoms with E-state index >= 15 is 0 Å². The SMILES string of the molecule is CCOc1cc2c(cc1OCC)CN(S(=O)(=O)N(C)Cc1c(F)cccc1Cl)CC2. The quantitative estimate of drug-likeness (QED) is 0.602. The van der Waals surface area contributed by atoms with Crippen LogP contribution in [0.25, 0.3) is 0 Å². The summed E-state index contributed by atoms with van der Waals surface area (Å²) in [6.45, 7) is 5.17. The predicted molar refractivity (Wildman–Crippen MR) is 115 cm³/mol. The van der Waals surface area contributed by atoms with Gasteiger partial charge in [-0.3, -0.25) is 0 Å². The third-order valence-electron chi connectivity index (χ3n) is 5.01. The van der Waals surface area contributed by atoms with Gasteiger partial charge in [-0.1, -0.05) is 17.7 Å². The van der Waals surface area contributed by atoms with E-state index < -0.39 is 16.0 Å². The van der Waals surface area contributed by atoms with Gasteiger partial charge >= 0.3 is 0 Å². The number of rotatable bonds is 8. The lowest BCUT2D eigenvalue weighted by Gasteiger charge is -2.32. The standard InChI is InChI=1S/C21H26ClFN2O4S/c1-4-28-20-11-15-9-10-25(13-16(15)12-21(20)29-5-2)30(26,27)24(3)14-17-18(22)7-6-8-19(17)23/h6-8,11-12H,4-5,9-10,13-14H2,1-3H3. The van der Waals surface area contributed by atoms with Crippen LogP contribution in [0.2, 0.25) is 5.02 Å². The lowest BCUT2D eigenvalue weighted by molar-refractivity contribution is 0.285. The topological polar surface area (TPSA) is 59.1 Å². The van der Waals surface area contributed by atoms with Crippen LogP contribution in [-0.2, 0) is 29.7 Å². The van der Waals surface area contributed by atoms with Crippen molar-refractivity contribution in [3.8, 4) is 11.5 Å². The van der Waals surface area contributed by atoms with E-state index in [2.05, 4.69) is 0 Å². The van der Waals surface area contributed by atoms with Gasteiger partial charge < -0.3 is 9.47 Å². The van der Waals surface area contributed by atoms with Gasteiger partial charge in [-0.25, -0.2) is 4.39 Å². The Bertz CT molecular complexity index is 996. The Morgan fingerprint density at radius 2 is 1.77 bits per heavy atom. The van der Waals surface area contributed by atoms with E-state index in [0.29, 0.717) is 37.7 Å². The molecule has 0 amide bonds. The molecule has 0 fully saturated rings. The lowest BCUT2D eigenvalue weighted by atomic mass is 10.0. The Morgan fingerprint density at radius 1 is 1.13 bits per heavy atom. The third kappa shape index (κ3) is 4.72. The van der Waals surface area contributed by atoms with Crippen LogP contribution >= 0.6 is 11.6 Å². The number of ether oxygens (including phenoxy) is 2. The van der Waals surface area contributed by atoms with Crippen molar-refractivity contribution >= 4 is 21.8 Å². The molecule has 0 aromatic heterocycles. The molecule has 1 aliphatic rings. The maximum absolute atomic E-state index is 14.1. The van der Waals surface area contributed by atoms with Gasteiger partial charge in [0.25, 0.3) is 10.2 Å². The second-order valence-corrected chi connectivity index (χ2v) is 9.42. The molecule has 6 nitrogen and oxygen atoms in total. The third-order valence-corrected chi connectivity index (χ3v) is 7.24. The molecule has 0 saturated heterocycles. The molecular weight excluding hydrogens is 431 g/mol. The van der Waals surface area contributed by atoms with Crippen molar-refractivity contribution in [3.05, 3.63) is 57.9 Å². The zero-order chi connectivity index (χ0) is 21.9. The van der Waals surface area contributed by atoms with E-state index in [1.807, 2.05) is 26.0 Å². The molecule has 0 radical (unpaired) electrons. The minimum Gasteiger partial charge on any atom is -0.490 e. The monoisotopic (exact) mass is 456 g/mol. The van der Waals surface area contributed by atoms with Crippen LogP contribution in [0.5, 0.6) is 11.5 Å². The van der Waals surface area contributed by atoms with Gasteiger partial charge in [0.05, 0.1) is 13.2 Å². The number of fused-ring (bicyclic) bond motifs is 1. The van der Waals surface area contributed by atoms with E-state index in [0.717, 1.165) is 15.4 Å². The molecule has 2 aromatic carbocycles. The molecule has 0 aliphatic carbocycles. The largest absolute Gasteiger partial charge is 0.490 e. The Labute approximate surface area is 182 Å². The Morgan fingerprint density at radius 3 is 2.37 bits per heavy atom. The predicted octanol–water partition coefficient (Wildman–Crippen LogP) is 4.01. The fourth-order valence-corrected chi connectivity index (χ4v) is 4.99. The molecule has 0 saturated carbocycles. The maximum atomic E-state index is 14.1. The summed E-state index contributed by atoms with van der Waals surface area (Å²) >= 11 is 6.06. The summed E-state index contributed by atoms with van der Waals surface area (Å²) in [6.07, 6.45) is 0.551. The number of halogens is 2. The molecule has 0 atom stereocenters. The number of nitrogens with zero attached hydrogens (tertiary/aromatic N) is 2. The summed E-state index contributed by atoms with van der Waals surface area (Å²) in [7, 11) is -2.38. The van der Waals surface area contributed by atoms with Gasteiger partial charge in [-0.2, -0.15) is 17.0 Å². The van der Waals surface area contributed by atoms with Crippen molar-refractivity contribution in [3.63, 3.8) is 0 Å². The van der Waals surface area contributed by atoms with Crippen molar-refractivity contribution < 1.29 is 22.3 Å². The van der Waals surface area contributed by atoms with Crippen molar-refractivity contribution in [2.75, 3.05) is 26.8 Å². The van der Waals surface area contributed by atoms with Crippen LogP contribution in [0, 0.1) is 5.82 Å². The molecule has 0 unspecified atom stereocenters.